The van der Waals surface area contributed by atoms with Crippen molar-refractivity contribution in [2.24, 2.45) is 0 Å². The number of aliphatic carboxylic acids is 1. The predicted molar refractivity (Wildman–Crippen MR) is 80.5 cm³/mol. The summed E-state index contributed by atoms with van der Waals surface area (Å²) in [6.45, 7) is 6.45. The van der Waals surface area contributed by atoms with Gasteiger partial charge < -0.3 is 9.84 Å². The molecule has 4 nitrogen and oxygen atoms in total. The van der Waals surface area contributed by atoms with Crippen LogP contribution in [-0.2, 0) is 16.1 Å². The first-order valence-electron chi connectivity index (χ1n) is 6.77. The maximum Gasteiger partial charge on any atom is 0.328 e. The fourth-order valence-corrected chi connectivity index (χ4v) is 1.80. The third-order valence-corrected chi connectivity index (χ3v) is 2.75. The maximum atomic E-state index is 10.5. The molecular weight excluding hydrogens is 254 g/mol. The van der Waals surface area contributed by atoms with Crippen LogP contribution < -0.4 is 0 Å². The second-order valence-corrected chi connectivity index (χ2v) is 5.07. The Balaban J connectivity index is 2.50. The van der Waals surface area contributed by atoms with Gasteiger partial charge in [0.25, 0.3) is 0 Å². The van der Waals surface area contributed by atoms with Gasteiger partial charge in [-0.3, -0.25) is 4.90 Å². The smallest absolute Gasteiger partial charge is 0.328 e. The van der Waals surface area contributed by atoms with Gasteiger partial charge in [0.2, 0.25) is 0 Å². The van der Waals surface area contributed by atoms with E-state index in [1.807, 2.05) is 45.2 Å². The normalized spacial score (nSPS) is 11.7. The van der Waals surface area contributed by atoms with Crippen LogP contribution in [0.1, 0.15) is 25.0 Å². The maximum absolute atomic E-state index is 10.5. The minimum absolute atomic E-state index is 0.257. The molecule has 0 atom stereocenters. The highest BCUT2D eigenvalue weighted by Crippen LogP contribution is 2.09. The van der Waals surface area contributed by atoms with Crippen LogP contribution in [0.2, 0.25) is 0 Å². The van der Waals surface area contributed by atoms with Crippen LogP contribution >= 0.6 is 0 Å². The highest BCUT2D eigenvalue weighted by Gasteiger charge is 2.02. The van der Waals surface area contributed by atoms with Crippen LogP contribution in [0, 0.1) is 0 Å². The van der Waals surface area contributed by atoms with Gasteiger partial charge in [-0.25, -0.2) is 4.79 Å². The Morgan fingerprint density at radius 3 is 2.85 bits per heavy atom. The van der Waals surface area contributed by atoms with E-state index in [9.17, 15) is 4.79 Å². The summed E-state index contributed by atoms with van der Waals surface area (Å²) in [4.78, 5) is 12.7. The molecular formula is C16H23NO3. The number of hydrogen-bond donors (Lipinski definition) is 1. The highest BCUT2D eigenvalue weighted by molar-refractivity contribution is 5.85. The summed E-state index contributed by atoms with van der Waals surface area (Å²) in [5.74, 6) is -0.932. The summed E-state index contributed by atoms with van der Waals surface area (Å²) in [6.07, 6.45) is 3.01. The van der Waals surface area contributed by atoms with Crippen molar-refractivity contribution in [3.63, 3.8) is 0 Å². The third-order valence-electron chi connectivity index (χ3n) is 2.75. The van der Waals surface area contributed by atoms with Gasteiger partial charge in [-0.05, 0) is 38.1 Å². The number of nitrogens with zero attached hydrogens (tertiary/aromatic N) is 1. The fraction of sp³-hybridized carbons (Fsp3) is 0.438. The lowest BCUT2D eigenvalue weighted by Gasteiger charge is -2.18. The highest BCUT2D eigenvalue weighted by atomic mass is 16.5. The summed E-state index contributed by atoms with van der Waals surface area (Å²) in [5.41, 5.74) is 2.06. The number of carbonyl (C=O) groups is 1. The van der Waals surface area contributed by atoms with Crippen molar-refractivity contribution in [3.8, 4) is 0 Å². The Morgan fingerprint density at radius 1 is 1.45 bits per heavy atom. The van der Waals surface area contributed by atoms with E-state index in [-0.39, 0.29) is 6.10 Å². The second kappa shape index (κ2) is 8.51. The Kier molecular flexibility index (Phi) is 6.98. The monoisotopic (exact) mass is 277 g/mol. The molecule has 20 heavy (non-hydrogen) atoms. The average Bonchev–Trinajstić information content (AvgIpc) is 2.36. The van der Waals surface area contributed by atoms with Gasteiger partial charge in [0.05, 0.1) is 12.7 Å². The molecule has 0 spiro atoms. The van der Waals surface area contributed by atoms with Gasteiger partial charge >= 0.3 is 5.97 Å². The minimum Gasteiger partial charge on any atom is -0.478 e. The molecule has 0 bridgehead atoms. The van der Waals surface area contributed by atoms with Crippen molar-refractivity contribution < 1.29 is 14.6 Å². The fourth-order valence-electron chi connectivity index (χ4n) is 1.80. The summed E-state index contributed by atoms with van der Waals surface area (Å²) in [5, 5.41) is 8.62. The third kappa shape index (κ3) is 7.07. The van der Waals surface area contributed by atoms with Crippen LogP contribution in [0.5, 0.6) is 0 Å². The summed E-state index contributed by atoms with van der Waals surface area (Å²) < 4.78 is 5.52. The first kappa shape index (κ1) is 16.4. The number of carboxylic acid groups (broad SMARTS) is 1. The van der Waals surface area contributed by atoms with Gasteiger partial charge in [0.1, 0.15) is 0 Å². The molecule has 1 N–H and O–H groups in total. The standard InChI is InChI=1S/C16H23NO3/c1-13(2)20-10-9-17(3)12-15-6-4-5-14(11-15)7-8-16(18)19/h4-8,11,13H,9-10,12H2,1-3H3,(H,18,19)/b8-7+. The number of carboxylic acids is 1. The van der Waals surface area contributed by atoms with E-state index in [4.69, 9.17) is 9.84 Å². The first-order valence-corrected chi connectivity index (χ1v) is 6.77. The molecule has 0 aromatic heterocycles. The molecule has 0 aliphatic rings. The molecule has 0 aliphatic heterocycles. The molecule has 0 aliphatic carbocycles. The van der Waals surface area contributed by atoms with Crippen LogP contribution in [0.15, 0.2) is 30.3 Å². The van der Waals surface area contributed by atoms with Crippen LogP contribution in [-0.4, -0.2) is 42.3 Å². The number of ether oxygens (including phenoxy) is 1. The average molecular weight is 277 g/mol. The Morgan fingerprint density at radius 2 is 2.20 bits per heavy atom. The van der Waals surface area contributed by atoms with Crippen LogP contribution in [0.25, 0.3) is 6.08 Å². The topological polar surface area (TPSA) is 49.8 Å². The van der Waals surface area contributed by atoms with Gasteiger partial charge in [-0.2, -0.15) is 0 Å². The minimum atomic E-state index is -0.932. The molecule has 0 saturated heterocycles. The SMILES string of the molecule is CC(C)OCCN(C)Cc1cccc(/C=C/C(=O)O)c1. The van der Waals surface area contributed by atoms with E-state index >= 15 is 0 Å². The second-order valence-electron chi connectivity index (χ2n) is 5.07. The lowest BCUT2D eigenvalue weighted by atomic mass is 10.1. The van der Waals surface area contributed by atoms with Crippen molar-refractivity contribution in [2.75, 3.05) is 20.2 Å². The zero-order valence-corrected chi connectivity index (χ0v) is 12.4. The molecule has 0 unspecified atom stereocenters. The van der Waals surface area contributed by atoms with E-state index in [1.54, 1.807) is 6.08 Å². The van der Waals surface area contributed by atoms with Gasteiger partial charge in [-0.1, -0.05) is 24.3 Å². The summed E-state index contributed by atoms with van der Waals surface area (Å²) >= 11 is 0. The number of likely N-dealkylation sites (N-methyl/N-ethyl adjacent to an activating group) is 1. The molecule has 4 heteroatoms. The van der Waals surface area contributed by atoms with E-state index < -0.39 is 5.97 Å². The zero-order chi connectivity index (χ0) is 15.0. The molecule has 0 radical (unpaired) electrons. The molecule has 0 amide bonds. The summed E-state index contributed by atoms with van der Waals surface area (Å²) in [6, 6.07) is 7.87. The summed E-state index contributed by atoms with van der Waals surface area (Å²) in [7, 11) is 2.05. The van der Waals surface area contributed by atoms with Crippen LogP contribution in [0.3, 0.4) is 0 Å². The molecule has 0 heterocycles. The molecule has 1 aromatic carbocycles. The van der Waals surface area contributed by atoms with Gasteiger partial charge in [0.15, 0.2) is 0 Å². The zero-order valence-electron chi connectivity index (χ0n) is 12.4. The van der Waals surface area contributed by atoms with Crippen molar-refractivity contribution >= 4 is 12.0 Å². The first-order chi connectivity index (χ1) is 9.47. The largest absolute Gasteiger partial charge is 0.478 e. The molecule has 1 aromatic rings. The number of rotatable bonds is 8. The molecule has 0 saturated carbocycles. The quantitative estimate of drug-likeness (QED) is 0.742. The van der Waals surface area contributed by atoms with Gasteiger partial charge in [0, 0.05) is 19.2 Å². The lowest BCUT2D eigenvalue weighted by molar-refractivity contribution is -0.131. The Bertz CT molecular complexity index is 455. The van der Waals surface area contributed by atoms with E-state index in [1.165, 1.54) is 0 Å². The number of hydrogen-bond acceptors (Lipinski definition) is 3. The predicted octanol–water partition coefficient (Wildman–Crippen LogP) is 2.64. The van der Waals surface area contributed by atoms with Crippen LogP contribution in [0.4, 0.5) is 0 Å². The van der Waals surface area contributed by atoms with Crippen molar-refractivity contribution in [2.45, 2.75) is 26.5 Å². The molecule has 0 fully saturated rings. The lowest BCUT2D eigenvalue weighted by Crippen LogP contribution is -2.24. The Hall–Kier alpha value is -1.65. The van der Waals surface area contributed by atoms with E-state index in [0.29, 0.717) is 6.61 Å². The number of benzene rings is 1. The van der Waals surface area contributed by atoms with Crippen molar-refractivity contribution in [1.82, 2.24) is 4.90 Å². The van der Waals surface area contributed by atoms with Crippen molar-refractivity contribution in [1.29, 1.82) is 0 Å². The van der Waals surface area contributed by atoms with Gasteiger partial charge in [-0.15, -0.1) is 0 Å². The van der Waals surface area contributed by atoms with E-state index in [2.05, 4.69) is 4.90 Å². The molecule has 110 valence electrons. The molecule has 1 rings (SSSR count). The Labute approximate surface area is 120 Å². The van der Waals surface area contributed by atoms with Crippen molar-refractivity contribution in [3.05, 3.63) is 41.5 Å². The van der Waals surface area contributed by atoms with E-state index in [0.717, 1.165) is 30.3 Å².